The highest BCUT2D eigenvalue weighted by Crippen LogP contribution is 2.50. The average Bonchev–Trinajstić information content (AvgIpc) is 2.72. The summed E-state index contributed by atoms with van der Waals surface area (Å²) in [5, 5.41) is 45.3. The van der Waals surface area contributed by atoms with Crippen LogP contribution < -0.4 is 5.32 Å². The molecular formula is C21H19NO8. The minimum absolute atomic E-state index is 0.0754. The van der Waals surface area contributed by atoms with E-state index in [1.54, 1.807) is 12.1 Å². The Balaban J connectivity index is 1.86. The number of hydrogen-bond donors (Lipinski definition) is 5. The number of carbonyl (C=O) groups is 3. The van der Waals surface area contributed by atoms with Crippen molar-refractivity contribution in [3.05, 3.63) is 57.6 Å². The molecule has 0 saturated heterocycles. The average molecular weight is 413 g/mol. The molecule has 2 aromatic carbocycles. The van der Waals surface area contributed by atoms with Gasteiger partial charge in [0.05, 0.1) is 17.2 Å². The Morgan fingerprint density at radius 2 is 1.70 bits per heavy atom. The molecular weight excluding hydrogens is 394 g/mol. The molecule has 4 rings (SSSR count). The molecule has 0 aromatic heterocycles. The van der Waals surface area contributed by atoms with Crippen molar-refractivity contribution >= 4 is 17.7 Å². The normalized spacial score (nSPS) is 22.0. The summed E-state index contributed by atoms with van der Waals surface area (Å²) >= 11 is 0. The predicted molar refractivity (Wildman–Crippen MR) is 102 cm³/mol. The van der Waals surface area contributed by atoms with E-state index in [4.69, 9.17) is 4.74 Å². The van der Waals surface area contributed by atoms with E-state index in [2.05, 4.69) is 5.32 Å². The summed E-state index contributed by atoms with van der Waals surface area (Å²) in [5.74, 6) is -2.50. The minimum Gasteiger partial charge on any atom is -0.507 e. The maximum Gasteiger partial charge on any atom is 0.406 e. The van der Waals surface area contributed by atoms with Crippen molar-refractivity contribution in [1.29, 1.82) is 0 Å². The quantitative estimate of drug-likeness (QED) is 0.389. The Labute approximate surface area is 170 Å². The van der Waals surface area contributed by atoms with E-state index in [0.29, 0.717) is 0 Å². The lowest BCUT2D eigenvalue weighted by Crippen LogP contribution is -2.43. The number of ketones is 2. The first kappa shape index (κ1) is 19.9. The van der Waals surface area contributed by atoms with Crippen LogP contribution in [0.4, 0.5) is 4.79 Å². The molecule has 9 nitrogen and oxygen atoms in total. The van der Waals surface area contributed by atoms with Crippen LogP contribution in [0.25, 0.3) is 0 Å². The summed E-state index contributed by atoms with van der Waals surface area (Å²) in [4.78, 5) is 37.3. The number of ether oxygens (including phenoxy) is 1. The SMILES string of the molecule is CNC(=O)OC[C@]1(O)Cc2c(O)c3c(c(O)c2[C@@H](O)C1)C(=O)c1ccccc1C3=O. The summed E-state index contributed by atoms with van der Waals surface area (Å²) in [6, 6.07) is 6.03. The van der Waals surface area contributed by atoms with Crippen LogP contribution in [-0.4, -0.2) is 57.3 Å². The number of fused-ring (bicyclic) bond motifs is 3. The molecule has 156 valence electrons. The molecule has 0 aliphatic heterocycles. The Morgan fingerprint density at radius 3 is 2.27 bits per heavy atom. The molecule has 2 aliphatic rings. The summed E-state index contributed by atoms with van der Waals surface area (Å²) in [7, 11) is 1.34. The van der Waals surface area contributed by atoms with Gasteiger partial charge >= 0.3 is 6.09 Å². The van der Waals surface area contributed by atoms with Gasteiger partial charge in [0.1, 0.15) is 23.7 Å². The molecule has 2 atom stereocenters. The molecule has 0 saturated carbocycles. The molecule has 0 fully saturated rings. The highest BCUT2D eigenvalue weighted by molar-refractivity contribution is 6.30. The lowest BCUT2D eigenvalue weighted by molar-refractivity contribution is -0.0628. The van der Waals surface area contributed by atoms with E-state index in [9.17, 15) is 34.8 Å². The molecule has 0 spiro atoms. The number of aliphatic hydroxyl groups excluding tert-OH is 1. The number of nitrogens with one attached hydrogen (secondary N) is 1. The zero-order valence-corrected chi connectivity index (χ0v) is 15.9. The third kappa shape index (κ3) is 2.82. The highest BCUT2D eigenvalue weighted by atomic mass is 16.6. The summed E-state index contributed by atoms with van der Waals surface area (Å²) in [6.45, 7) is -0.490. The first-order chi connectivity index (χ1) is 14.2. The number of carbonyl (C=O) groups excluding carboxylic acids is 3. The van der Waals surface area contributed by atoms with Gasteiger partial charge in [-0.3, -0.25) is 9.59 Å². The van der Waals surface area contributed by atoms with Gasteiger partial charge < -0.3 is 30.5 Å². The Morgan fingerprint density at radius 1 is 1.13 bits per heavy atom. The monoisotopic (exact) mass is 413 g/mol. The lowest BCUT2D eigenvalue weighted by Gasteiger charge is -2.37. The molecule has 1 amide bonds. The van der Waals surface area contributed by atoms with Crippen LogP contribution in [0, 0.1) is 0 Å². The van der Waals surface area contributed by atoms with Crippen LogP contribution in [-0.2, 0) is 11.2 Å². The number of phenolic OH excluding ortho intramolecular Hbond substituents is 2. The summed E-state index contributed by atoms with van der Waals surface area (Å²) in [5.41, 5.74) is -2.54. The summed E-state index contributed by atoms with van der Waals surface area (Å²) in [6.07, 6.45) is -2.89. The third-order valence-electron chi connectivity index (χ3n) is 5.55. The van der Waals surface area contributed by atoms with E-state index in [1.807, 2.05) is 0 Å². The van der Waals surface area contributed by atoms with Crippen molar-refractivity contribution < 1.29 is 39.5 Å². The Kier molecular flexibility index (Phi) is 4.52. The van der Waals surface area contributed by atoms with Crippen LogP contribution in [0.15, 0.2) is 24.3 Å². The standard InChI is InChI=1S/C21H19NO8/c1-22-20(28)30-8-21(29)6-11-13(12(23)7-21)19(27)15-14(18(11)26)16(24)9-4-2-3-5-10(9)17(15)25/h2-5,12,23,26-27,29H,6-8H2,1H3,(H,22,28)/t12-,21-/m0/s1. The maximum atomic E-state index is 13.0. The molecule has 0 unspecified atom stereocenters. The van der Waals surface area contributed by atoms with Crippen molar-refractivity contribution in [3.63, 3.8) is 0 Å². The maximum absolute atomic E-state index is 13.0. The second-order valence-electron chi connectivity index (χ2n) is 7.49. The van der Waals surface area contributed by atoms with Crippen molar-refractivity contribution in [2.75, 3.05) is 13.7 Å². The topological polar surface area (TPSA) is 153 Å². The van der Waals surface area contributed by atoms with Crippen LogP contribution in [0.1, 0.15) is 55.5 Å². The number of rotatable bonds is 2. The summed E-state index contributed by atoms with van der Waals surface area (Å²) < 4.78 is 4.89. The largest absolute Gasteiger partial charge is 0.507 e. The van der Waals surface area contributed by atoms with Gasteiger partial charge in [0.25, 0.3) is 0 Å². The molecule has 9 heteroatoms. The Hall–Kier alpha value is -3.43. The van der Waals surface area contributed by atoms with E-state index >= 15 is 0 Å². The van der Waals surface area contributed by atoms with Crippen molar-refractivity contribution in [2.24, 2.45) is 0 Å². The fourth-order valence-corrected chi connectivity index (χ4v) is 4.17. The number of aliphatic hydroxyl groups is 2. The van der Waals surface area contributed by atoms with E-state index in [-0.39, 0.29) is 46.2 Å². The third-order valence-corrected chi connectivity index (χ3v) is 5.55. The number of amides is 1. The molecule has 30 heavy (non-hydrogen) atoms. The van der Waals surface area contributed by atoms with E-state index < -0.39 is 47.5 Å². The van der Waals surface area contributed by atoms with Crippen molar-refractivity contribution in [1.82, 2.24) is 5.32 Å². The molecule has 0 heterocycles. The second kappa shape index (κ2) is 6.82. The van der Waals surface area contributed by atoms with E-state index in [0.717, 1.165) is 0 Å². The molecule has 0 radical (unpaired) electrons. The lowest BCUT2D eigenvalue weighted by atomic mass is 9.73. The van der Waals surface area contributed by atoms with Gasteiger partial charge in [0, 0.05) is 42.1 Å². The minimum atomic E-state index is -1.75. The number of aromatic hydroxyl groups is 2. The number of phenols is 2. The number of benzene rings is 2. The van der Waals surface area contributed by atoms with Gasteiger partial charge in [0.2, 0.25) is 0 Å². The van der Waals surface area contributed by atoms with Crippen LogP contribution >= 0.6 is 0 Å². The fraction of sp³-hybridized carbons (Fsp3) is 0.286. The molecule has 2 aliphatic carbocycles. The van der Waals surface area contributed by atoms with E-state index in [1.165, 1.54) is 19.2 Å². The van der Waals surface area contributed by atoms with Crippen LogP contribution in [0.5, 0.6) is 11.5 Å². The van der Waals surface area contributed by atoms with Gasteiger partial charge in [-0.2, -0.15) is 0 Å². The molecule has 5 N–H and O–H groups in total. The zero-order valence-electron chi connectivity index (χ0n) is 15.9. The van der Waals surface area contributed by atoms with Crippen molar-refractivity contribution in [2.45, 2.75) is 24.5 Å². The highest BCUT2D eigenvalue weighted by Gasteiger charge is 2.45. The predicted octanol–water partition coefficient (Wildman–Crippen LogP) is 0.940. The number of alkyl carbamates (subject to hydrolysis) is 1. The van der Waals surface area contributed by atoms with Gasteiger partial charge in [-0.1, -0.05) is 24.3 Å². The first-order valence-corrected chi connectivity index (χ1v) is 9.22. The smallest absolute Gasteiger partial charge is 0.406 e. The van der Waals surface area contributed by atoms with Crippen LogP contribution in [0.2, 0.25) is 0 Å². The number of hydrogen-bond acceptors (Lipinski definition) is 8. The van der Waals surface area contributed by atoms with Gasteiger partial charge in [-0.15, -0.1) is 0 Å². The van der Waals surface area contributed by atoms with Gasteiger partial charge in [0.15, 0.2) is 11.6 Å². The Bertz CT molecular complexity index is 1110. The first-order valence-electron chi connectivity index (χ1n) is 9.22. The van der Waals surface area contributed by atoms with Crippen molar-refractivity contribution in [3.8, 4) is 11.5 Å². The molecule has 2 aromatic rings. The fourth-order valence-electron chi connectivity index (χ4n) is 4.17. The van der Waals surface area contributed by atoms with Gasteiger partial charge in [-0.25, -0.2) is 4.79 Å². The zero-order chi connectivity index (χ0) is 21.8. The molecule has 0 bridgehead atoms. The second-order valence-corrected chi connectivity index (χ2v) is 7.49. The van der Waals surface area contributed by atoms with Gasteiger partial charge in [-0.05, 0) is 0 Å². The van der Waals surface area contributed by atoms with Crippen LogP contribution in [0.3, 0.4) is 0 Å².